The number of alkyl halides is 14. The van der Waals surface area contributed by atoms with Crippen molar-refractivity contribution in [1.82, 2.24) is 9.97 Å². The molecule has 0 aliphatic heterocycles. The van der Waals surface area contributed by atoms with E-state index in [9.17, 15) is 61.5 Å². The van der Waals surface area contributed by atoms with E-state index in [4.69, 9.17) is 0 Å². The van der Waals surface area contributed by atoms with Gasteiger partial charge in [0, 0.05) is 0 Å². The summed E-state index contributed by atoms with van der Waals surface area (Å²) in [5.74, 6) is -29.5. The summed E-state index contributed by atoms with van der Waals surface area (Å²) in [7, 11) is 0. The minimum atomic E-state index is -6.66. The Morgan fingerprint density at radius 2 is 0.789 bits per heavy atom. The molecule has 0 saturated heterocycles. The standard InChI is InChI=1S/C20H6F14N2O2/c21-15(22,17(25,26)19(29,30)31)13-35-9-5-7(1-3-11(9)37-13)8-2-4-12-10(6-8)36-14(38-12)16(23,24)18(27,28)20(32,33)34/h1-6H. The molecule has 4 aromatic rings. The molecule has 0 aliphatic carbocycles. The maximum atomic E-state index is 13.9. The van der Waals surface area contributed by atoms with E-state index in [1.165, 1.54) is 0 Å². The number of hydrogen-bond donors (Lipinski definition) is 0. The summed E-state index contributed by atoms with van der Waals surface area (Å²) in [5.41, 5.74) is -2.76. The number of oxazole rings is 2. The molecule has 0 N–H and O–H groups in total. The van der Waals surface area contributed by atoms with Crippen molar-refractivity contribution in [3.05, 3.63) is 48.2 Å². The van der Waals surface area contributed by atoms with Crippen LogP contribution in [0.5, 0.6) is 0 Å². The van der Waals surface area contributed by atoms with Gasteiger partial charge in [-0.1, -0.05) is 12.1 Å². The van der Waals surface area contributed by atoms with Crippen LogP contribution >= 0.6 is 0 Å². The molecule has 0 saturated carbocycles. The lowest BCUT2D eigenvalue weighted by atomic mass is 10.0. The zero-order chi connectivity index (χ0) is 28.7. The first kappa shape index (κ1) is 27.4. The topological polar surface area (TPSA) is 52.1 Å². The van der Waals surface area contributed by atoms with Crippen LogP contribution in [-0.2, 0) is 11.8 Å². The van der Waals surface area contributed by atoms with Gasteiger partial charge in [0.15, 0.2) is 11.2 Å². The summed E-state index contributed by atoms with van der Waals surface area (Å²) in [4.78, 5) is 5.96. The van der Waals surface area contributed by atoms with E-state index in [0.29, 0.717) is 0 Å². The Hall–Kier alpha value is -3.60. The second-order valence-electron chi connectivity index (χ2n) is 7.70. The number of fused-ring (bicyclic) bond motifs is 2. The maximum absolute atomic E-state index is 13.9. The van der Waals surface area contributed by atoms with E-state index in [-0.39, 0.29) is 11.1 Å². The van der Waals surface area contributed by atoms with Gasteiger partial charge in [0.25, 0.3) is 11.8 Å². The summed E-state index contributed by atoms with van der Waals surface area (Å²) in [6.07, 6.45) is -13.3. The van der Waals surface area contributed by atoms with E-state index in [2.05, 4.69) is 18.8 Å². The summed E-state index contributed by atoms with van der Waals surface area (Å²) >= 11 is 0. The molecule has 38 heavy (non-hydrogen) atoms. The molecular weight excluding hydrogens is 566 g/mol. The molecule has 0 amide bonds. The highest BCUT2D eigenvalue weighted by Gasteiger charge is 2.76. The lowest BCUT2D eigenvalue weighted by Crippen LogP contribution is -2.50. The highest BCUT2D eigenvalue weighted by Crippen LogP contribution is 2.53. The highest BCUT2D eigenvalue weighted by atomic mass is 19.4. The molecule has 0 spiro atoms. The lowest BCUT2D eigenvalue weighted by Gasteiger charge is -2.25. The van der Waals surface area contributed by atoms with Crippen LogP contribution in [0.2, 0.25) is 0 Å². The average Bonchev–Trinajstić information content (AvgIpc) is 3.41. The SMILES string of the molecule is FC(F)(F)C(F)(F)C(F)(F)c1nc2cc(-c3ccc4oc(C(F)(F)C(F)(F)C(F)(F)F)nc4c3)ccc2o1. The van der Waals surface area contributed by atoms with Gasteiger partial charge in [0.2, 0.25) is 0 Å². The van der Waals surface area contributed by atoms with Crippen molar-refractivity contribution < 1.29 is 70.3 Å². The molecule has 2 aromatic heterocycles. The van der Waals surface area contributed by atoms with Gasteiger partial charge in [0.1, 0.15) is 11.0 Å². The number of halogens is 14. The second kappa shape index (κ2) is 7.95. The summed E-state index contributed by atoms with van der Waals surface area (Å²) < 4.78 is 192. The summed E-state index contributed by atoms with van der Waals surface area (Å²) in [5, 5.41) is 0. The normalized spacial score (nSPS) is 14.6. The van der Waals surface area contributed by atoms with Crippen LogP contribution in [0.4, 0.5) is 61.5 Å². The van der Waals surface area contributed by atoms with Crippen LogP contribution in [0.1, 0.15) is 11.8 Å². The third kappa shape index (κ3) is 3.91. The number of aromatic nitrogens is 2. The number of benzene rings is 2. The quantitative estimate of drug-likeness (QED) is 0.226. The zero-order valence-corrected chi connectivity index (χ0v) is 17.5. The first-order chi connectivity index (χ1) is 17.1. The monoisotopic (exact) mass is 572 g/mol. The minimum Gasteiger partial charge on any atom is -0.435 e. The van der Waals surface area contributed by atoms with E-state index in [1.807, 2.05) is 0 Å². The molecule has 0 fully saturated rings. The Bertz CT molecular complexity index is 1400. The van der Waals surface area contributed by atoms with Gasteiger partial charge in [-0.3, -0.25) is 0 Å². The summed E-state index contributed by atoms with van der Waals surface area (Å²) in [6.45, 7) is 0. The van der Waals surface area contributed by atoms with Crippen LogP contribution in [0, 0.1) is 0 Å². The largest absolute Gasteiger partial charge is 0.460 e. The third-order valence-electron chi connectivity index (χ3n) is 5.15. The van der Waals surface area contributed by atoms with Crippen LogP contribution < -0.4 is 0 Å². The van der Waals surface area contributed by atoms with Crippen molar-refractivity contribution in [2.45, 2.75) is 36.0 Å². The Morgan fingerprint density at radius 1 is 0.474 bits per heavy atom. The fourth-order valence-corrected chi connectivity index (χ4v) is 3.11. The number of rotatable bonds is 5. The molecular formula is C20H6F14N2O2. The molecule has 0 atom stereocenters. The van der Waals surface area contributed by atoms with Gasteiger partial charge in [0.05, 0.1) is 0 Å². The Morgan fingerprint density at radius 3 is 1.08 bits per heavy atom. The molecule has 0 unspecified atom stereocenters. The minimum absolute atomic E-state index is 0.0814. The molecule has 4 rings (SSSR count). The van der Waals surface area contributed by atoms with Crippen molar-refractivity contribution in [3.8, 4) is 11.1 Å². The third-order valence-corrected chi connectivity index (χ3v) is 5.15. The van der Waals surface area contributed by atoms with Crippen LogP contribution in [-0.4, -0.2) is 34.2 Å². The van der Waals surface area contributed by atoms with E-state index >= 15 is 0 Å². The van der Waals surface area contributed by atoms with Gasteiger partial charge < -0.3 is 8.83 Å². The van der Waals surface area contributed by atoms with Crippen molar-refractivity contribution in [1.29, 1.82) is 0 Å². The Labute approximate surface area is 198 Å². The van der Waals surface area contributed by atoms with E-state index in [0.717, 1.165) is 36.4 Å². The molecule has 206 valence electrons. The fraction of sp³-hybridized carbons (Fsp3) is 0.300. The number of hydrogen-bond acceptors (Lipinski definition) is 4. The maximum Gasteiger partial charge on any atom is 0.460 e. The molecule has 2 heterocycles. The average molecular weight is 572 g/mol. The van der Waals surface area contributed by atoms with E-state index < -0.39 is 70.0 Å². The van der Waals surface area contributed by atoms with Crippen LogP contribution in [0.3, 0.4) is 0 Å². The van der Waals surface area contributed by atoms with Gasteiger partial charge in [-0.2, -0.15) is 61.5 Å². The van der Waals surface area contributed by atoms with Crippen molar-refractivity contribution in [2.75, 3.05) is 0 Å². The highest BCUT2D eigenvalue weighted by molar-refractivity contribution is 5.85. The van der Waals surface area contributed by atoms with E-state index in [1.54, 1.807) is 0 Å². The van der Waals surface area contributed by atoms with Crippen LogP contribution in [0.15, 0.2) is 45.2 Å². The van der Waals surface area contributed by atoms with Gasteiger partial charge in [-0.25, -0.2) is 9.97 Å². The molecule has 2 aromatic carbocycles. The number of nitrogens with zero attached hydrogens (tertiary/aromatic N) is 2. The van der Waals surface area contributed by atoms with Crippen molar-refractivity contribution in [2.24, 2.45) is 0 Å². The smallest absolute Gasteiger partial charge is 0.435 e. The van der Waals surface area contributed by atoms with Crippen molar-refractivity contribution >= 4 is 22.2 Å². The van der Waals surface area contributed by atoms with Gasteiger partial charge in [-0.05, 0) is 35.4 Å². The Balaban J connectivity index is 1.73. The second-order valence-corrected chi connectivity index (χ2v) is 7.70. The predicted molar refractivity (Wildman–Crippen MR) is 96.8 cm³/mol. The molecule has 0 radical (unpaired) electrons. The zero-order valence-electron chi connectivity index (χ0n) is 17.5. The van der Waals surface area contributed by atoms with Gasteiger partial charge >= 0.3 is 36.0 Å². The predicted octanol–water partition coefficient (Wildman–Crippen LogP) is 8.21. The first-order valence-corrected chi connectivity index (χ1v) is 9.58. The molecule has 0 aliphatic rings. The summed E-state index contributed by atoms with van der Waals surface area (Å²) in [6, 6.07) is 5.42. The molecule has 4 nitrogen and oxygen atoms in total. The first-order valence-electron chi connectivity index (χ1n) is 9.58. The van der Waals surface area contributed by atoms with Crippen LogP contribution in [0.25, 0.3) is 33.3 Å². The Kier molecular flexibility index (Phi) is 5.74. The van der Waals surface area contributed by atoms with Crippen molar-refractivity contribution in [3.63, 3.8) is 0 Å². The molecule has 0 bridgehead atoms. The fourth-order valence-electron chi connectivity index (χ4n) is 3.11. The lowest BCUT2D eigenvalue weighted by molar-refractivity contribution is -0.364. The molecule has 18 heteroatoms. The van der Waals surface area contributed by atoms with Gasteiger partial charge in [-0.15, -0.1) is 0 Å².